The fraction of sp³-hybridized carbons (Fsp3) is 0.696. The number of hydrogen-bond acceptors (Lipinski definition) is 5. The number of amides is 1. The van der Waals surface area contributed by atoms with Crippen molar-refractivity contribution in [1.82, 2.24) is 20.4 Å². The fourth-order valence-corrected chi connectivity index (χ4v) is 5.17. The van der Waals surface area contributed by atoms with Crippen molar-refractivity contribution in [1.29, 1.82) is 0 Å². The van der Waals surface area contributed by atoms with E-state index in [1.807, 2.05) is 12.1 Å². The Bertz CT molecular complexity index is 716. The summed E-state index contributed by atoms with van der Waals surface area (Å²) in [5, 5.41) is 6.91. The summed E-state index contributed by atoms with van der Waals surface area (Å²) in [6.45, 7) is 7.74. The van der Waals surface area contributed by atoms with Crippen LogP contribution in [-0.4, -0.2) is 66.5 Å². The van der Waals surface area contributed by atoms with E-state index >= 15 is 0 Å². The molecule has 30 heavy (non-hydrogen) atoms. The SMILES string of the molecule is C[C@H]1CCCN(C2NC(=O)CC(N3CCO[C@H](C)C3)N2)[C@@H](Cc2ccc(F)cc2)C1. The molecule has 0 saturated carbocycles. The van der Waals surface area contributed by atoms with E-state index in [0.29, 0.717) is 25.0 Å². The normalized spacial score (nSPS) is 34.4. The van der Waals surface area contributed by atoms with Gasteiger partial charge in [0.1, 0.15) is 12.1 Å². The number of ether oxygens (including phenoxy) is 1. The lowest BCUT2D eigenvalue weighted by atomic mass is 9.94. The van der Waals surface area contributed by atoms with Crippen LogP contribution in [0.15, 0.2) is 24.3 Å². The lowest BCUT2D eigenvalue weighted by molar-refractivity contribution is -0.133. The van der Waals surface area contributed by atoms with E-state index < -0.39 is 0 Å². The second-order valence-corrected chi connectivity index (χ2v) is 9.24. The van der Waals surface area contributed by atoms with Gasteiger partial charge < -0.3 is 10.1 Å². The van der Waals surface area contributed by atoms with Crippen molar-refractivity contribution < 1.29 is 13.9 Å². The second-order valence-electron chi connectivity index (χ2n) is 9.24. The molecule has 0 bridgehead atoms. The average Bonchev–Trinajstić information content (AvgIpc) is 2.90. The highest BCUT2D eigenvalue weighted by Gasteiger charge is 2.37. The molecular weight excluding hydrogens is 383 g/mol. The zero-order valence-corrected chi connectivity index (χ0v) is 18.1. The summed E-state index contributed by atoms with van der Waals surface area (Å²) in [5.74, 6) is 0.532. The van der Waals surface area contributed by atoms with Gasteiger partial charge in [0.05, 0.1) is 25.3 Å². The quantitative estimate of drug-likeness (QED) is 0.786. The molecule has 166 valence electrons. The predicted octanol–water partition coefficient (Wildman–Crippen LogP) is 2.30. The molecule has 7 heteroatoms. The molecule has 6 nitrogen and oxygen atoms in total. The number of nitrogens with zero attached hydrogens (tertiary/aromatic N) is 2. The maximum atomic E-state index is 13.4. The van der Waals surface area contributed by atoms with E-state index in [2.05, 4.69) is 34.3 Å². The Morgan fingerprint density at radius 2 is 2.00 bits per heavy atom. The number of likely N-dealkylation sites (tertiary alicyclic amines) is 1. The van der Waals surface area contributed by atoms with Crippen LogP contribution in [0.2, 0.25) is 0 Å². The van der Waals surface area contributed by atoms with Crippen LogP contribution in [0.5, 0.6) is 0 Å². The van der Waals surface area contributed by atoms with E-state index in [-0.39, 0.29) is 30.3 Å². The Morgan fingerprint density at radius 1 is 1.20 bits per heavy atom. The topological polar surface area (TPSA) is 56.8 Å². The molecule has 2 N–H and O–H groups in total. The maximum absolute atomic E-state index is 13.4. The van der Waals surface area contributed by atoms with Crippen molar-refractivity contribution in [3.63, 3.8) is 0 Å². The number of hydrogen-bond donors (Lipinski definition) is 2. The van der Waals surface area contributed by atoms with Gasteiger partial charge in [-0.05, 0) is 56.2 Å². The van der Waals surface area contributed by atoms with E-state index in [4.69, 9.17) is 4.74 Å². The van der Waals surface area contributed by atoms with Gasteiger partial charge in [-0.2, -0.15) is 0 Å². The van der Waals surface area contributed by atoms with E-state index in [1.165, 1.54) is 18.6 Å². The minimum absolute atomic E-state index is 0.0299. The third-order valence-corrected chi connectivity index (χ3v) is 6.71. The monoisotopic (exact) mass is 418 g/mol. The summed E-state index contributed by atoms with van der Waals surface area (Å²) in [6.07, 6.45) is 4.76. The van der Waals surface area contributed by atoms with Crippen molar-refractivity contribution in [3.8, 4) is 0 Å². The van der Waals surface area contributed by atoms with Gasteiger partial charge in [0.15, 0.2) is 0 Å². The molecule has 1 amide bonds. The molecule has 0 spiro atoms. The standard InChI is InChI=1S/C23H35FN4O2/c1-16-4-3-9-28(20(12-16)13-18-5-7-19(24)8-6-18)23-25-21(14-22(29)26-23)27-10-11-30-17(2)15-27/h5-8,16-17,20-21,23,25H,3-4,9-15H2,1-2H3,(H,26,29)/t16-,17+,20+,21?,23?/m0/s1. The van der Waals surface area contributed by atoms with Crippen molar-refractivity contribution in [2.24, 2.45) is 5.92 Å². The highest BCUT2D eigenvalue weighted by Crippen LogP contribution is 2.27. The Labute approximate surface area is 179 Å². The second kappa shape index (κ2) is 9.73. The Balaban J connectivity index is 1.50. The molecule has 3 heterocycles. The number of rotatable bonds is 4. The molecule has 3 fully saturated rings. The summed E-state index contributed by atoms with van der Waals surface area (Å²) in [4.78, 5) is 17.4. The highest BCUT2D eigenvalue weighted by molar-refractivity contribution is 5.77. The summed E-state index contributed by atoms with van der Waals surface area (Å²) in [6, 6.07) is 7.14. The number of halogens is 1. The predicted molar refractivity (Wildman–Crippen MR) is 114 cm³/mol. The van der Waals surface area contributed by atoms with Gasteiger partial charge in [0, 0.05) is 25.7 Å². The first-order valence-corrected chi connectivity index (χ1v) is 11.4. The van der Waals surface area contributed by atoms with Gasteiger partial charge in [0.2, 0.25) is 5.91 Å². The number of nitrogens with one attached hydrogen (secondary N) is 2. The van der Waals surface area contributed by atoms with Crippen LogP contribution < -0.4 is 10.6 Å². The van der Waals surface area contributed by atoms with E-state index in [9.17, 15) is 9.18 Å². The van der Waals surface area contributed by atoms with Gasteiger partial charge in [-0.3, -0.25) is 19.9 Å². The van der Waals surface area contributed by atoms with Gasteiger partial charge in [-0.25, -0.2) is 4.39 Å². The molecule has 2 unspecified atom stereocenters. The third kappa shape index (κ3) is 5.38. The first-order valence-electron chi connectivity index (χ1n) is 11.4. The molecule has 1 aromatic carbocycles. The van der Waals surface area contributed by atoms with E-state index in [0.717, 1.165) is 44.5 Å². The number of carbonyl (C=O) groups is 1. The molecule has 3 aliphatic rings. The molecule has 1 aromatic rings. The molecular formula is C23H35FN4O2. The summed E-state index contributed by atoms with van der Waals surface area (Å²) >= 11 is 0. The average molecular weight is 419 g/mol. The van der Waals surface area contributed by atoms with Gasteiger partial charge >= 0.3 is 0 Å². The fourth-order valence-electron chi connectivity index (χ4n) is 5.17. The molecule has 3 saturated heterocycles. The van der Waals surface area contributed by atoms with Crippen LogP contribution in [0, 0.1) is 11.7 Å². The van der Waals surface area contributed by atoms with Crippen molar-refractivity contribution in [2.75, 3.05) is 26.2 Å². The summed E-state index contributed by atoms with van der Waals surface area (Å²) < 4.78 is 19.1. The van der Waals surface area contributed by atoms with Crippen LogP contribution in [0.4, 0.5) is 4.39 Å². The van der Waals surface area contributed by atoms with Crippen LogP contribution in [0.1, 0.15) is 45.1 Å². The van der Waals surface area contributed by atoms with Crippen LogP contribution in [-0.2, 0) is 16.0 Å². The Morgan fingerprint density at radius 3 is 2.77 bits per heavy atom. The molecule has 0 aliphatic carbocycles. The Hall–Kier alpha value is -1.54. The molecule has 4 rings (SSSR count). The Kier molecular flexibility index (Phi) is 7.03. The third-order valence-electron chi connectivity index (χ3n) is 6.71. The van der Waals surface area contributed by atoms with Crippen molar-refractivity contribution >= 4 is 5.91 Å². The first-order chi connectivity index (χ1) is 14.5. The molecule has 0 aromatic heterocycles. The van der Waals surface area contributed by atoms with Gasteiger partial charge in [-0.1, -0.05) is 19.1 Å². The van der Waals surface area contributed by atoms with E-state index in [1.54, 1.807) is 0 Å². The summed E-state index contributed by atoms with van der Waals surface area (Å²) in [5.41, 5.74) is 1.14. The van der Waals surface area contributed by atoms with Crippen molar-refractivity contribution in [3.05, 3.63) is 35.6 Å². The maximum Gasteiger partial charge on any atom is 0.225 e. The number of benzene rings is 1. The molecule has 0 radical (unpaired) electrons. The van der Waals surface area contributed by atoms with Gasteiger partial charge in [0.25, 0.3) is 0 Å². The summed E-state index contributed by atoms with van der Waals surface area (Å²) in [7, 11) is 0. The molecule has 5 atom stereocenters. The van der Waals surface area contributed by atoms with Gasteiger partial charge in [-0.15, -0.1) is 0 Å². The lowest BCUT2D eigenvalue weighted by Crippen LogP contribution is -2.69. The highest BCUT2D eigenvalue weighted by atomic mass is 19.1. The van der Waals surface area contributed by atoms with Crippen LogP contribution in [0.25, 0.3) is 0 Å². The first kappa shape index (κ1) is 21.7. The minimum atomic E-state index is -0.200. The lowest BCUT2D eigenvalue weighted by Gasteiger charge is -2.46. The zero-order chi connectivity index (χ0) is 21.1. The largest absolute Gasteiger partial charge is 0.376 e. The van der Waals surface area contributed by atoms with Crippen molar-refractivity contribution in [2.45, 2.75) is 70.6 Å². The van der Waals surface area contributed by atoms with Crippen LogP contribution >= 0.6 is 0 Å². The van der Waals surface area contributed by atoms with Crippen LogP contribution in [0.3, 0.4) is 0 Å². The number of morpholine rings is 1. The molecule has 3 aliphatic heterocycles. The minimum Gasteiger partial charge on any atom is -0.376 e. The number of carbonyl (C=O) groups excluding carboxylic acids is 1. The smallest absolute Gasteiger partial charge is 0.225 e. The zero-order valence-electron chi connectivity index (χ0n) is 18.1.